The van der Waals surface area contributed by atoms with Gasteiger partial charge in [0.2, 0.25) is 0 Å². The van der Waals surface area contributed by atoms with E-state index in [9.17, 15) is 9.59 Å². The molecule has 23 heavy (non-hydrogen) atoms. The van der Waals surface area contributed by atoms with Gasteiger partial charge in [-0.25, -0.2) is 0 Å². The molecule has 0 saturated heterocycles. The Hall–Kier alpha value is -2.46. The second-order valence-electron chi connectivity index (χ2n) is 5.22. The van der Waals surface area contributed by atoms with Crippen molar-refractivity contribution in [3.63, 3.8) is 0 Å². The summed E-state index contributed by atoms with van der Waals surface area (Å²) in [5, 5.41) is 2.85. The van der Waals surface area contributed by atoms with Gasteiger partial charge in [-0.3, -0.25) is 9.59 Å². The van der Waals surface area contributed by atoms with Gasteiger partial charge in [0.15, 0.2) is 11.6 Å². The summed E-state index contributed by atoms with van der Waals surface area (Å²) in [6.45, 7) is 0. The number of methoxy groups -OCH3 is 1. The Kier molecular flexibility index (Phi) is 4.53. The van der Waals surface area contributed by atoms with E-state index in [-0.39, 0.29) is 24.4 Å². The first kappa shape index (κ1) is 15.4. The molecule has 3 aromatic rings. The molecule has 0 fully saturated rings. The van der Waals surface area contributed by atoms with Crippen molar-refractivity contribution < 1.29 is 14.3 Å². The van der Waals surface area contributed by atoms with Crippen LogP contribution in [0.1, 0.15) is 33.6 Å². The SMILES string of the molecule is COc1ccc(C(=O)CCC(=O)c2csc3ccccc23)cc1. The standard InChI is InChI=1S/C19H16O3S/c1-22-14-8-6-13(7-9-14)17(20)10-11-18(21)16-12-23-19-5-3-2-4-15(16)19/h2-9,12H,10-11H2,1H3. The first-order valence-electron chi connectivity index (χ1n) is 7.35. The lowest BCUT2D eigenvalue weighted by Gasteiger charge is -2.03. The van der Waals surface area contributed by atoms with Crippen molar-refractivity contribution in [3.8, 4) is 5.75 Å². The number of thiophene rings is 1. The van der Waals surface area contributed by atoms with Gasteiger partial charge in [0.05, 0.1) is 7.11 Å². The minimum absolute atomic E-state index is 0.0179. The number of ketones is 2. The highest BCUT2D eigenvalue weighted by Gasteiger charge is 2.14. The van der Waals surface area contributed by atoms with E-state index in [1.54, 1.807) is 42.7 Å². The van der Waals surface area contributed by atoms with Gasteiger partial charge < -0.3 is 4.74 Å². The quantitative estimate of drug-likeness (QED) is 0.614. The van der Waals surface area contributed by atoms with Gasteiger partial charge in [-0.05, 0) is 30.3 Å². The lowest BCUT2D eigenvalue weighted by atomic mass is 10.0. The fourth-order valence-electron chi connectivity index (χ4n) is 2.48. The van der Waals surface area contributed by atoms with E-state index in [1.165, 1.54) is 0 Å². The van der Waals surface area contributed by atoms with Crippen LogP contribution in [0.3, 0.4) is 0 Å². The van der Waals surface area contributed by atoms with Crippen molar-refractivity contribution in [1.29, 1.82) is 0 Å². The maximum atomic E-state index is 12.4. The molecule has 0 N–H and O–H groups in total. The van der Waals surface area contributed by atoms with Crippen molar-refractivity contribution in [2.24, 2.45) is 0 Å². The Morgan fingerprint density at radius 3 is 2.39 bits per heavy atom. The van der Waals surface area contributed by atoms with Crippen LogP contribution in [0.2, 0.25) is 0 Å². The molecule has 0 atom stereocenters. The lowest BCUT2D eigenvalue weighted by molar-refractivity contribution is 0.0918. The molecule has 3 rings (SSSR count). The summed E-state index contributed by atoms with van der Waals surface area (Å²) in [5.41, 5.74) is 1.32. The molecule has 0 unspecified atom stereocenters. The summed E-state index contributed by atoms with van der Waals surface area (Å²) in [6.07, 6.45) is 0.445. The summed E-state index contributed by atoms with van der Waals surface area (Å²) in [5.74, 6) is 0.701. The van der Waals surface area contributed by atoms with Crippen LogP contribution in [-0.2, 0) is 0 Å². The van der Waals surface area contributed by atoms with Crippen molar-refractivity contribution >= 4 is 33.0 Å². The number of hydrogen-bond acceptors (Lipinski definition) is 4. The number of Topliss-reactive ketones (excluding diaryl/α,β-unsaturated/α-hetero) is 2. The monoisotopic (exact) mass is 324 g/mol. The second-order valence-corrected chi connectivity index (χ2v) is 6.13. The Balaban J connectivity index is 1.67. The van der Waals surface area contributed by atoms with E-state index in [0.717, 1.165) is 10.1 Å². The highest BCUT2D eigenvalue weighted by atomic mass is 32.1. The fourth-order valence-corrected chi connectivity index (χ4v) is 3.44. The topological polar surface area (TPSA) is 43.4 Å². The number of carbonyl (C=O) groups excluding carboxylic acids is 2. The van der Waals surface area contributed by atoms with Crippen LogP contribution in [0.15, 0.2) is 53.9 Å². The van der Waals surface area contributed by atoms with E-state index in [2.05, 4.69) is 0 Å². The molecular weight excluding hydrogens is 308 g/mol. The van der Waals surface area contributed by atoms with Gasteiger partial charge in [-0.15, -0.1) is 11.3 Å². The molecule has 116 valence electrons. The first-order chi connectivity index (χ1) is 11.2. The third-order valence-corrected chi connectivity index (χ3v) is 4.74. The number of fused-ring (bicyclic) bond motifs is 1. The molecule has 1 aromatic heterocycles. The van der Waals surface area contributed by atoms with Crippen LogP contribution >= 0.6 is 11.3 Å². The number of hydrogen-bond donors (Lipinski definition) is 0. The molecule has 0 radical (unpaired) electrons. The van der Waals surface area contributed by atoms with E-state index in [0.29, 0.717) is 16.9 Å². The third kappa shape index (κ3) is 3.32. The van der Waals surface area contributed by atoms with Gasteiger partial charge >= 0.3 is 0 Å². The average molecular weight is 324 g/mol. The molecule has 0 spiro atoms. The molecule has 0 saturated carbocycles. The summed E-state index contributed by atoms with van der Waals surface area (Å²) in [6, 6.07) is 14.8. The molecule has 0 aliphatic heterocycles. The van der Waals surface area contributed by atoms with Crippen LogP contribution in [0.5, 0.6) is 5.75 Å². The lowest BCUT2D eigenvalue weighted by Crippen LogP contribution is -2.05. The van der Waals surface area contributed by atoms with E-state index in [1.807, 2.05) is 29.6 Å². The zero-order valence-corrected chi connectivity index (χ0v) is 13.6. The predicted octanol–water partition coefficient (Wildman–Crippen LogP) is 4.76. The maximum absolute atomic E-state index is 12.4. The van der Waals surface area contributed by atoms with Crippen LogP contribution in [0.25, 0.3) is 10.1 Å². The molecule has 0 amide bonds. The number of benzene rings is 2. The van der Waals surface area contributed by atoms with Gasteiger partial charge in [0.1, 0.15) is 5.75 Å². The zero-order chi connectivity index (χ0) is 16.2. The zero-order valence-electron chi connectivity index (χ0n) is 12.7. The van der Waals surface area contributed by atoms with Crippen LogP contribution in [0.4, 0.5) is 0 Å². The highest BCUT2D eigenvalue weighted by molar-refractivity contribution is 7.17. The van der Waals surface area contributed by atoms with Gasteiger partial charge in [-0.2, -0.15) is 0 Å². The molecule has 0 bridgehead atoms. The molecule has 2 aromatic carbocycles. The number of rotatable bonds is 6. The predicted molar refractivity (Wildman–Crippen MR) is 92.7 cm³/mol. The number of ether oxygens (including phenoxy) is 1. The largest absolute Gasteiger partial charge is 0.497 e. The molecule has 4 heteroatoms. The molecule has 3 nitrogen and oxygen atoms in total. The summed E-state index contributed by atoms with van der Waals surface area (Å²) in [4.78, 5) is 24.6. The Bertz CT molecular complexity index is 846. The van der Waals surface area contributed by atoms with Crippen molar-refractivity contribution in [2.75, 3.05) is 7.11 Å². The van der Waals surface area contributed by atoms with Crippen LogP contribution < -0.4 is 4.74 Å². The molecule has 1 heterocycles. The highest BCUT2D eigenvalue weighted by Crippen LogP contribution is 2.27. The van der Waals surface area contributed by atoms with E-state index >= 15 is 0 Å². The Labute approximate surface area is 138 Å². The summed E-state index contributed by atoms with van der Waals surface area (Å²) < 4.78 is 6.17. The van der Waals surface area contributed by atoms with Crippen molar-refractivity contribution in [1.82, 2.24) is 0 Å². The van der Waals surface area contributed by atoms with Crippen molar-refractivity contribution in [2.45, 2.75) is 12.8 Å². The average Bonchev–Trinajstić information content (AvgIpc) is 3.03. The Morgan fingerprint density at radius 1 is 0.957 bits per heavy atom. The smallest absolute Gasteiger partial charge is 0.164 e. The first-order valence-corrected chi connectivity index (χ1v) is 8.23. The fraction of sp³-hybridized carbons (Fsp3) is 0.158. The minimum atomic E-state index is -0.0273. The Morgan fingerprint density at radius 2 is 1.65 bits per heavy atom. The second kappa shape index (κ2) is 6.75. The van der Waals surface area contributed by atoms with Crippen LogP contribution in [-0.4, -0.2) is 18.7 Å². The third-order valence-electron chi connectivity index (χ3n) is 3.77. The normalized spacial score (nSPS) is 10.7. The van der Waals surface area contributed by atoms with Gasteiger partial charge in [0, 0.05) is 39.4 Å². The van der Waals surface area contributed by atoms with Gasteiger partial charge in [0.25, 0.3) is 0 Å². The van der Waals surface area contributed by atoms with Crippen LogP contribution in [0, 0.1) is 0 Å². The molecular formula is C19H16O3S. The number of carbonyl (C=O) groups is 2. The van der Waals surface area contributed by atoms with E-state index in [4.69, 9.17) is 4.74 Å². The van der Waals surface area contributed by atoms with E-state index < -0.39 is 0 Å². The summed E-state index contributed by atoms with van der Waals surface area (Å²) in [7, 11) is 1.58. The minimum Gasteiger partial charge on any atom is -0.497 e. The molecule has 0 aliphatic carbocycles. The summed E-state index contributed by atoms with van der Waals surface area (Å²) >= 11 is 1.56. The molecule has 0 aliphatic rings. The maximum Gasteiger partial charge on any atom is 0.164 e. The van der Waals surface area contributed by atoms with Gasteiger partial charge in [-0.1, -0.05) is 18.2 Å². The van der Waals surface area contributed by atoms with Crippen molar-refractivity contribution in [3.05, 3.63) is 65.0 Å².